The molecule has 0 aliphatic heterocycles. The molecule has 0 spiro atoms. The Bertz CT molecular complexity index is 1550. The zero-order chi connectivity index (χ0) is 25.8. The van der Waals surface area contributed by atoms with Crippen LogP contribution < -0.4 is 10.9 Å². The summed E-state index contributed by atoms with van der Waals surface area (Å²) in [7, 11) is 0. The lowest BCUT2D eigenvalue weighted by Gasteiger charge is -2.16. The molecular weight excluding hydrogens is 483 g/mol. The van der Waals surface area contributed by atoms with E-state index in [1.165, 1.54) is 23.0 Å². The van der Waals surface area contributed by atoms with Crippen LogP contribution in [0.4, 0.5) is 24.7 Å². The first-order valence-corrected chi connectivity index (χ1v) is 11.3. The van der Waals surface area contributed by atoms with Crippen LogP contribution in [0.15, 0.2) is 90.0 Å². The van der Waals surface area contributed by atoms with Gasteiger partial charge in [0.2, 0.25) is 0 Å². The van der Waals surface area contributed by atoms with Gasteiger partial charge in [0.15, 0.2) is 11.6 Å². The summed E-state index contributed by atoms with van der Waals surface area (Å²) in [5, 5.41) is 16.4. The minimum absolute atomic E-state index is 0.221. The third-order valence-electron chi connectivity index (χ3n) is 5.77. The standard InChI is InChI=1S/C26H20F3N7O/c27-26(28,29)21-16-19(18-4-2-1-3-5-18)9-12-22(21)31-24-25(37)36(15-14-30-24)20-10-6-17(7-11-20)8-13-23-32-34-35-33-23/h1-7,9-12,14-16H,8,13H2,(H,30,31)(H,32,33,34,35). The van der Waals surface area contributed by atoms with Gasteiger partial charge in [0, 0.05) is 24.5 Å². The minimum atomic E-state index is -4.64. The molecule has 0 aliphatic rings. The number of aromatic nitrogens is 6. The molecule has 11 heteroatoms. The van der Waals surface area contributed by atoms with E-state index in [1.54, 1.807) is 48.5 Å². The quantitative estimate of drug-likeness (QED) is 0.326. The molecule has 0 amide bonds. The Kier molecular flexibility index (Phi) is 6.50. The highest BCUT2D eigenvalue weighted by Gasteiger charge is 2.34. The SMILES string of the molecule is O=c1c(Nc2ccc(-c3ccccc3)cc2C(F)(F)F)nccn1-c1ccc(CCc2nn[nH]n2)cc1. The lowest BCUT2D eigenvalue weighted by atomic mass is 10.0. The maximum atomic E-state index is 13.9. The number of nitrogens with zero attached hydrogens (tertiary/aromatic N) is 5. The number of aromatic amines is 1. The van der Waals surface area contributed by atoms with Crippen LogP contribution in [0.2, 0.25) is 0 Å². The van der Waals surface area contributed by atoms with Gasteiger partial charge < -0.3 is 5.32 Å². The lowest BCUT2D eigenvalue weighted by Crippen LogP contribution is -2.22. The monoisotopic (exact) mass is 503 g/mol. The molecule has 0 saturated heterocycles. The van der Waals surface area contributed by atoms with Gasteiger partial charge in [-0.25, -0.2) is 4.98 Å². The van der Waals surface area contributed by atoms with Gasteiger partial charge in [0.05, 0.1) is 11.3 Å². The largest absolute Gasteiger partial charge is 0.418 e. The first-order valence-electron chi connectivity index (χ1n) is 11.3. The minimum Gasteiger partial charge on any atom is -0.335 e. The summed E-state index contributed by atoms with van der Waals surface area (Å²) >= 11 is 0. The number of H-pyrrole nitrogens is 1. The van der Waals surface area contributed by atoms with Crippen molar-refractivity contribution in [1.82, 2.24) is 30.2 Å². The van der Waals surface area contributed by atoms with E-state index >= 15 is 0 Å². The van der Waals surface area contributed by atoms with Crippen molar-refractivity contribution >= 4 is 11.5 Å². The van der Waals surface area contributed by atoms with Crippen molar-refractivity contribution in [2.45, 2.75) is 19.0 Å². The molecule has 0 bridgehead atoms. The fourth-order valence-corrected chi connectivity index (χ4v) is 3.89. The van der Waals surface area contributed by atoms with E-state index in [1.807, 2.05) is 12.1 Å². The Morgan fingerprint density at radius 1 is 0.919 bits per heavy atom. The summed E-state index contributed by atoms with van der Waals surface area (Å²) in [6, 6.07) is 19.9. The number of anilines is 2. The maximum Gasteiger partial charge on any atom is 0.418 e. The molecule has 5 aromatic rings. The molecule has 2 heterocycles. The molecule has 0 atom stereocenters. The van der Waals surface area contributed by atoms with E-state index < -0.39 is 17.3 Å². The highest BCUT2D eigenvalue weighted by Crippen LogP contribution is 2.38. The van der Waals surface area contributed by atoms with Crippen molar-refractivity contribution in [2.75, 3.05) is 5.32 Å². The Morgan fingerprint density at radius 2 is 1.70 bits per heavy atom. The van der Waals surface area contributed by atoms with Gasteiger partial charge in [-0.05, 0) is 47.4 Å². The molecule has 0 unspecified atom stereocenters. The van der Waals surface area contributed by atoms with E-state index in [9.17, 15) is 18.0 Å². The second-order valence-electron chi connectivity index (χ2n) is 8.19. The van der Waals surface area contributed by atoms with Gasteiger partial charge in [-0.2, -0.15) is 18.4 Å². The number of hydrogen-bond acceptors (Lipinski definition) is 6. The van der Waals surface area contributed by atoms with Crippen LogP contribution in [0.5, 0.6) is 0 Å². The fourth-order valence-electron chi connectivity index (χ4n) is 3.89. The molecule has 0 radical (unpaired) electrons. The van der Waals surface area contributed by atoms with Crippen molar-refractivity contribution in [3.63, 3.8) is 0 Å². The second-order valence-corrected chi connectivity index (χ2v) is 8.19. The van der Waals surface area contributed by atoms with E-state index in [0.717, 1.165) is 11.6 Å². The van der Waals surface area contributed by atoms with E-state index in [4.69, 9.17) is 0 Å². The summed E-state index contributed by atoms with van der Waals surface area (Å²) in [5.41, 5.74) is 0.887. The van der Waals surface area contributed by atoms with Crippen LogP contribution in [0.1, 0.15) is 17.0 Å². The zero-order valence-electron chi connectivity index (χ0n) is 19.3. The van der Waals surface area contributed by atoms with Gasteiger partial charge in [0.25, 0.3) is 5.56 Å². The van der Waals surface area contributed by atoms with Crippen LogP contribution in [0.25, 0.3) is 16.8 Å². The van der Waals surface area contributed by atoms with Crippen LogP contribution >= 0.6 is 0 Å². The Balaban J connectivity index is 1.41. The lowest BCUT2D eigenvalue weighted by molar-refractivity contribution is -0.136. The van der Waals surface area contributed by atoms with Crippen LogP contribution in [0, 0.1) is 0 Å². The van der Waals surface area contributed by atoms with E-state index in [2.05, 4.69) is 30.9 Å². The topological polar surface area (TPSA) is 101 Å². The van der Waals surface area contributed by atoms with Crippen LogP contribution in [-0.4, -0.2) is 30.2 Å². The highest BCUT2D eigenvalue weighted by molar-refractivity contribution is 5.71. The zero-order valence-corrected chi connectivity index (χ0v) is 19.3. The molecule has 2 aromatic heterocycles. The van der Waals surface area contributed by atoms with E-state index in [0.29, 0.717) is 35.5 Å². The molecule has 3 aromatic carbocycles. The van der Waals surface area contributed by atoms with Gasteiger partial charge in [-0.1, -0.05) is 53.7 Å². The third kappa shape index (κ3) is 5.40. The molecule has 37 heavy (non-hydrogen) atoms. The number of halogens is 3. The number of hydrogen-bond donors (Lipinski definition) is 2. The summed E-state index contributed by atoms with van der Waals surface area (Å²) in [6.07, 6.45) is -0.538. The average Bonchev–Trinajstić information content (AvgIpc) is 3.43. The molecule has 0 aliphatic carbocycles. The summed E-state index contributed by atoms with van der Waals surface area (Å²) in [6.45, 7) is 0. The van der Waals surface area contributed by atoms with Gasteiger partial charge >= 0.3 is 6.18 Å². The summed E-state index contributed by atoms with van der Waals surface area (Å²) in [5.74, 6) is 0.377. The Morgan fingerprint density at radius 3 is 2.41 bits per heavy atom. The van der Waals surface area contributed by atoms with Crippen molar-refractivity contribution in [3.05, 3.63) is 112 Å². The average molecular weight is 503 g/mol. The Labute approximate surface area is 208 Å². The predicted octanol–water partition coefficient (Wildman–Crippen LogP) is 4.96. The molecule has 0 fully saturated rings. The predicted molar refractivity (Wildman–Crippen MR) is 132 cm³/mol. The molecule has 2 N–H and O–H groups in total. The first kappa shape index (κ1) is 23.9. The number of rotatable bonds is 7. The number of aryl methyl sites for hydroxylation is 2. The van der Waals surface area contributed by atoms with Crippen molar-refractivity contribution in [2.24, 2.45) is 0 Å². The molecule has 8 nitrogen and oxygen atoms in total. The normalized spacial score (nSPS) is 11.4. The molecule has 0 saturated carbocycles. The Hall–Kier alpha value is -4.80. The van der Waals surface area contributed by atoms with Crippen LogP contribution in [-0.2, 0) is 19.0 Å². The number of alkyl halides is 3. The maximum absolute atomic E-state index is 13.9. The highest BCUT2D eigenvalue weighted by atomic mass is 19.4. The molecular formula is C26H20F3N7O. The second kappa shape index (κ2) is 10.1. The smallest absolute Gasteiger partial charge is 0.335 e. The van der Waals surface area contributed by atoms with Gasteiger partial charge in [0.1, 0.15) is 0 Å². The van der Waals surface area contributed by atoms with E-state index in [-0.39, 0.29) is 11.5 Å². The number of benzene rings is 3. The molecule has 5 rings (SSSR count). The summed E-state index contributed by atoms with van der Waals surface area (Å²) < 4.78 is 43.1. The summed E-state index contributed by atoms with van der Waals surface area (Å²) in [4.78, 5) is 17.1. The third-order valence-corrected chi connectivity index (χ3v) is 5.77. The van der Waals surface area contributed by atoms with Gasteiger partial charge in [-0.15, -0.1) is 10.2 Å². The van der Waals surface area contributed by atoms with Crippen molar-refractivity contribution < 1.29 is 13.2 Å². The number of tetrazole rings is 1. The van der Waals surface area contributed by atoms with Crippen molar-refractivity contribution in [1.29, 1.82) is 0 Å². The van der Waals surface area contributed by atoms with Gasteiger partial charge in [-0.3, -0.25) is 9.36 Å². The fraction of sp³-hybridized carbons (Fsp3) is 0.115. The van der Waals surface area contributed by atoms with Crippen molar-refractivity contribution in [3.8, 4) is 16.8 Å². The van der Waals surface area contributed by atoms with Crippen LogP contribution in [0.3, 0.4) is 0 Å². The number of nitrogens with one attached hydrogen (secondary N) is 2. The molecule has 186 valence electrons. The first-order chi connectivity index (χ1) is 17.9.